The third-order valence-electron chi connectivity index (χ3n) is 6.94. The van der Waals surface area contributed by atoms with Crippen LogP contribution in [0.2, 0.25) is 0 Å². The fraction of sp³-hybridized carbons (Fsp3) is 0.333. The summed E-state index contributed by atoms with van der Waals surface area (Å²) >= 11 is 0. The Labute approximate surface area is 236 Å². The normalized spacial score (nSPS) is 16.5. The molecule has 0 spiro atoms. The molecule has 1 aliphatic heterocycles. The summed E-state index contributed by atoms with van der Waals surface area (Å²) in [5.74, 6) is 0.138. The first-order valence-corrected chi connectivity index (χ1v) is 13.6. The van der Waals surface area contributed by atoms with Gasteiger partial charge in [0.2, 0.25) is 0 Å². The van der Waals surface area contributed by atoms with Crippen LogP contribution in [-0.4, -0.2) is 37.1 Å². The first-order chi connectivity index (χ1) is 19.1. The average molecular weight is 544 g/mol. The molecular weight excluding hydrogens is 506 g/mol. The van der Waals surface area contributed by atoms with Crippen molar-refractivity contribution in [3.05, 3.63) is 88.0 Å². The number of ketones is 1. The molecule has 1 N–H and O–H groups in total. The van der Waals surface area contributed by atoms with Crippen LogP contribution in [0.3, 0.4) is 0 Å². The minimum atomic E-state index is -0.889. The molecule has 0 radical (unpaired) electrons. The van der Waals surface area contributed by atoms with E-state index in [2.05, 4.69) is 0 Å². The van der Waals surface area contributed by atoms with Gasteiger partial charge >= 0.3 is 0 Å². The van der Waals surface area contributed by atoms with E-state index in [-0.39, 0.29) is 17.3 Å². The highest BCUT2D eigenvalue weighted by atomic mass is 16.5. The molecule has 1 atom stereocenters. The summed E-state index contributed by atoms with van der Waals surface area (Å²) in [4.78, 5) is 28.8. The number of benzene rings is 3. The number of hydrogen-bond acceptors (Lipinski definition) is 6. The molecule has 1 heterocycles. The van der Waals surface area contributed by atoms with Crippen molar-refractivity contribution in [3.8, 4) is 17.2 Å². The highest BCUT2D eigenvalue weighted by molar-refractivity contribution is 6.51. The van der Waals surface area contributed by atoms with Crippen molar-refractivity contribution in [2.24, 2.45) is 0 Å². The number of nitrogens with zero attached hydrogens (tertiary/aromatic N) is 1. The topological polar surface area (TPSA) is 85.3 Å². The highest BCUT2D eigenvalue weighted by Gasteiger charge is 2.47. The molecule has 3 aromatic carbocycles. The van der Waals surface area contributed by atoms with Gasteiger partial charge in [0.05, 0.1) is 31.9 Å². The van der Waals surface area contributed by atoms with Gasteiger partial charge in [-0.25, -0.2) is 0 Å². The van der Waals surface area contributed by atoms with Gasteiger partial charge in [0.25, 0.3) is 11.7 Å². The average Bonchev–Trinajstić information content (AvgIpc) is 3.18. The molecule has 7 nitrogen and oxygen atoms in total. The second kappa shape index (κ2) is 11.9. The second-order valence-corrected chi connectivity index (χ2v) is 10.2. The van der Waals surface area contributed by atoms with Crippen LogP contribution in [0.25, 0.3) is 5.76 Å². The SMILES string of the molecule is CCOc1cc(C2/C(=C(\O)c3ccc(OCC)c(C(C)C)c3)C(=O)C(=O)N2c2cc(C)cc(C)c2)ccc1OC. The van der Waals surface area contributed by atoms with Gasteiger partial charge in [-0.15, -0.1) is 0 Å². The van der Waals surface area contributed by atoms with Gasteiger partial charge in [-0.3, -0.25) is 14.5 Å². The Morgan fingerprint density at radius 2 is 1.50 bits per heavy atom. The van der Waals surface area contributed by atoms with Crippen LogP contribution >= 0.6 is 0 Å². The molecule has 3 aromatic rings. The molecule has 0 aromatic heterocycles. The molecule has 1 amide bonds. The summed E-state index contributed by atoms with van der Waals surface area (Å²) in [6.45, 7) is 12.6. The molecule has 40 heavy (non-hydrogen) atoms. The number of aliphatic hydroxyl groups is 1. The molecule has 0 aliphatic carbocycles. The van der Waals surface area contributed by atoms with Crippen molar-refractivity contribution in [2.75, 3.05) is 25.2 Å². The Balaban J connectivity index is 1.98. The van der Waals surface area contributed by atoms with Gasteiger partial charge in [0.15, 0.2) is 11.5 Å². The Kier molecular flexibility index (Phi) is 8.52. The zero-order chi connectivity index (χ0) is 29.1. The van der Waals surface area contributed by atoms with Crippen molar-refractivity contribution in [3.63, 3.8) is 0 Å². The molecule has 7 heteroatoms. The molecule has 4 rings (SSSR count). The van der Waals surface area contributed by atoms with Crippen molar-refractivity contribution >= 4 is 23.1 Å². The van der Waals surface area contributed by atoms with Crippen LogP contribution in [0.1, 0.15) is 67.5 Å². The van der Waals surface area contributed by atoms with Crippen molar-refractivity contribution in [1.82, 2.24) is 0 Å². The number of anilines is 1. The number of amides is 1. The second-order valence-electron chi connectivity index (χ2n) is 10.2. The van der Waals surface area contributed by atoms with E-state index in [9.17, 15) is 14.7 Å². The standard InChI is InChI=1S/C33H37NO6/c1-8-39-26-12-11-23(17-25(26)19(3)4)31(35)29-30(22-10-13-27(38-7)28(18-22)40-9-2)34(33(37)32(29)36)24-15-20(5)14-21(6)16-24/h10-19,30,35H,8-9H2,1-7H3/b31-29+. The van der Waals surface area contributed by atoms with Crippen molar-refractivity contribution in [2.45, 2.75) is 53.5 Å². The van der Waals surface area contributed by atoms with E-state index >= 15 is 0 Å². The number of methoxy groups -OCH3 is 1. The smallest absolute Gasteiger partial charge is 0.300 e. The molecule has 1 aliphatic rings. The van der Waals surface area contributed by atoms with Gasteiger partial charge in [-0.05, 0) is 98.3 Å². The lowest BCUT2D eigenvalue weighted by molar-refractivity contribution is -0.132. The highest BCUT2D eigenvalue weighted by Crippen LogP contribution is 2.45. The Bertz CT molecular complexity index is 1450. The Morgan fingerprint density at radius 1 is 0.875 bits per heavy atom. The Hall–Kier alpha value is -4.26. The van der Waals surface area contributed by atoms with Gasteiger partial charge in [0.1, 0.15) is 11.5 Å². The number of rotatable bonds is 9. The van der Waals surface area contributed by atoms with Gasteiger partial charge in [-0.2, -0.15) is 0 Å². The van der Waals surface area contributed by atoms with Crippen LogP contribution in [0.5, 0.6) is 17.2 Å². The number of Topliss-reactive ketones (excluding diaryl/α,β-unsaturated/α-hetero) is 1. The number of aryl methyl sites for hydroxylation is 2. The lowest BCUT2D eigenvalue weighted by Crippen LogP contribution is -2.29. The van der Waals surface area contributed by atoms with Crippen LogP contribution < -0.4 is 19.1 Å². The predicted molar refractivity (Wildman–Crippen MR) is 157 cm³/mol. The Morgan fingerprint density at radius 3 is 2.10 bits per heavy atom. The number of aliphatic hydroxyl groups excluding tert-OH is 1. The third-order valence-corrected chi connectivity index (χ3v) is 6.94. The van der Waals surface area contributed by atoms with E-state index in [1.54, 1.807) is 37.4 Å². The molecule has 210 valence electrons. The van der Waals surface area contributed by atoms with Gasteiger partial charge in [-0.1, -0.05) is 26.0 Å². The summed E-state index contributed by atoms with van der Waals surface area (Å²) in [6, 6.07) is 15.5. The van der Waals surface area contributed by atoms with E-state index in [1.165, 1.54) is 4.90 Å². The predicted octanol–water partition coefficient (Wildman–Crippen LogP) is 6.86. The first-order valence-electron chi connectivity index (χ1n) is 13.6. The lowest BCUT2D eigenvalue weighted by Gasteiger charge is -2.27. The largest absolute Gasteiger partial charge is 0.507 e. The van der Waals surface area contributed by atoms with E-state index in [0.717, 1.165) is 22.4 Å². The molecule has 1 fully saturated rings. The molecular formula is C33H37NO6. The van der Waals surface area contributed by atoms with Crippen LogP contribution in [0, 0.1) is 13.8 Å². The summed E-state index contributed by atoms with van der Waals surface area (Å²) in [7, 11) is 1.55. The maximum atomic E-state index is 13.7. The zero-order valence-electron chi connectivity index (χ0n) is 24.2. The summed E-state index contributed by atoms with van der Waals surface area (Å²) in [5.41, 5.74) is 4.44. The van der Waals surface area contributed by atoms with E-state index < -0.39 is 17.7 Å². The van der Waals surface area contributed by atoms with Crippen molar-refractivity contribution < 1.29 is 28.9 Å². The van der Waals surface area contributed by atoms with Crippen LogP contribution in [0.4, 0.5) is 5.69 Å². The molecule has 1 unspecified atom stereocenters. The third kappa shape index (κ3) is 5.41. The van der Waals surface area contributed by atoms with Gasteiger partial charge < -0.3 is 19.3 Å². The number of carbonyl (C=O) groups excluding carboxylic acids is 2. The van der Waals surface area contributed by atoms with E-state index in [0.29, 0.717) is 41.5 Å². The van der Waals surface area contributed by atoms with Crippen molar-refractivity contribution in [1.29, 1.82) is 0 Å². The number of ether oxygens (including phenoxy) is 3. The maximum absolute atomic E-state index is 13.7. The zero-order valence-corrected chi connectivity index (χ0v) is 24.2. The number of carbonyl (C=O) groups is 2. The van der Waals surface area contributed by atoms with Crippen LogP contribution in [0.15, 0.2) is 60.2 Å². The summed E-state index contributed by atoms with van der Waals surface area (Å²) < 4.78 is 17.1. The maximum Gasteiger partial charge on any atom is 0.300 e. The van der Waals surface area contributed by atoms with Crippen LogP contribution in [-0.2, 0) is 9.59 Å². The fourth-order valence-corrected chi connectivity index (χ4v) is 5.23. The molecule has 1 saturated heterocycles. The lowest BCUT2D eigenvalue weighted by atomic mass is 9.92. The quantitative estimate of drug-likeness (QED) is 0.180. The van der Waals surface area contributed by atoms with Gasteiger partial charge in [0, 0.05) is 11.3 Å². The number of hydrogen-bond donors (Lipinski definition) is 1. The fourth-order valence-electron chi connectivity index (χ4n) is 5.23. The van der Waals surface area contributed by atoms with E-state index in [4.69, 9.17) is 14.2 Å². The summed E-state index contributed by atoms with van der Waals surface area (Å²) in [6.07, 6.45) is 0. The molecule has 0 saturated carbocycles. The minimum absolute atomic E-state index is 0.00985. The first kappa shape index (κ1) is 28.7. The monoisotopic (exact) mass is 543 g/mol. The van der Waals surface area contributed by atoms with E-state index in [1.807, 2.05) is 65.8 Å². The summed E-state index contributed by atoms with van der Waals surface area (Å²) in [5, 5.41) is 11.7. The minimum Gasteiger partial charge on any atom is -0.507 e. The molecule has 0 bridgehead atoms.